The largest absolute Gasteiger partial charge is 0.456 e. The van der Waals surface area contributed by atoms with Crippen LogP contribution in [0.1, 0.15) is 35.2 Å². The molecule has 2 rings (SSSR count). The van der Waals surface area contributed by atoms with Gasteiger partial charge >= 0.3 is 0 Å². The van der Waals surface area contributed by atoms with Crippen molar-refractivity contribution in [2.75, 3.05) is 11.9 Å². The fraction of sp³-hybridized carbons (Fsp3) is 0.312. The molecule has 0 atom stereocenters. The number of hydrogen-bond donors (Lipinski definition) is 2. The van der Waals surface area contributed by atoms with E-state index in [0.29, 0.717) is 5.76 Å². The number of carbonyl (C=O) groups is 1. The second-order valence-electron chi connectivity index (χ2n) is 4.74. The Kier molecular flexibility index (Phi) is 4.96. The lowest BCUT2D eigenvalue weighted by Gasteiger charge is -2.06. The highest BCUT2D eigenvalue weighted by Gasteiger charge is 2.09. The molecule has 0 unspecified atom stereocenters. The van der Waals surface area contributed by atoms with Crippen LogP contribution in [0.5, 0.6) is 0 Å². The van der Waals surface area contributed by atoms with E-state index < -0.39 is 0 Å². The summed E-state index contributed by atoms with van der Waals surface area (Å²) in [5.41, 5.74) is 1.97. The Bertz CT molecular complexity index is 558. The second kappa shape index (κ2) is 6.91. The predicted molar refractivity (Wildman–Crippen MR) is 79.8 cm³/mol. The van der Waals surface area contributed by atoms with Crippen molar-refractivity contribution >= 4 is 11.6 Å². The van der Waals surface area contributed by atoms with Crippen molar-refractivity contribution < 1.29 is 9.21 Å². The number of aryl methyl sites for hydroxylation is 1. The van der Waals surface area contributed by atoms with Crippen LogP contribution in [0.3, 0.4) is 0 Å². The lowest BCUT2D eigenvalue weighted by molar-refractivity contribution is 0.0995. The maximum atomic E-state index is 11.9. The highest BCUT2D eigenvalue weighted by Crippen LogP contribution is 2.13. The summed E-state index contributed by atoms with van der Waals surface area (Å²) in [6, 6.07) is 11.3. The van der Waals surface area contributed by atoms with E-state index in [0.717, 1.165) is 31.0 Å². The van der Waals surface area contributed by atoms with Crippen LogP contribution in [-0.2, 0) is 6.54 Å². The highest BCUT2D eigenvalue weighted by molar-refractivity contribution is 6.02. The van der Waals surface area contributed by atoms with Crippen molar-refractivity contribution in [3.63, 3.8) is 0 Å². The second-order valence-corrected chi connectivity index (χ2v) is 4.74. The Morgan fingerprint density at radius 2 is 1.90 bits per heavy atom. The molecule has 106 valence electrons. The first kappa shape index (κ1) is 14.3. The van der Waals surface area contributed by atoms with Crippen LogP contribution in [0.15, 0.2) is 40.8 Å². The van der Waals surface area contributed by atoms with E-state index in [1.54, 1.807) is 12.1 Å². The van der Waals surface area contributed by atoms with Crippen molar-refractivity contribution in [1.29, 1.82) is 0 Å². The van der Waals surface area contributed by atoms with Crippen molar-refractivity contribution in [1.82, 2.24) is 5.32 Å². The summed E-state index contributed by atoms with van der Waals surface area (Å²) in [6.45, 7) is 5.81. The number of anilines is 1. The molecule has 0 spiro atoms. The molecule has 4 nitrogen and oxygen atoms in total. The molecular formula is C16H20N2O2. The van der Waals surface area contributed by atoms with Gasteiger partial charge in [-0.05, 0) is 49.7 Å². The fourth-order valence-corrected chi connectivity index (χ4v) is 1.86. The Morgan fingerprint density at radius 1 is 1.15 bits per heavy atom. The molecule has 1 amide bonds. The number of hydrogen-bond acceptors (Lipinski definition) is 3. The van der Waals surface area contributed by atoms with Crippen LogP contribution in [0.4, 0.5) is 5.69 Å². The van der Waals surface area contributed by atoms with Crippen LogP contribution < -0.4 is 10.6 Å². The van der Waals surface area contributed by atoms with E-state index in [-0.39, 0.29) is 5.91 Å². The molecule has 0 bridgehead atoms. The molecule has 0 aliphatic carbocycles. The first-order valence-corrected chi connectivity index (χ1v) is 6.86. The lowest BCUT2D eigenvalue weighted by atomic mass is 10.2. The Morgan fingerprint density at radius 3 is 2.50 bits per heavy atom. The third-order valence-corrected chi connectivity index (χ3v) is 2.93. The van der Waals surface area contributed by atoms with Gasteiger partial charge in [0.05, 0.1) is 0 Å². The monoisotopic (exact) mass is 272 g/mol. The Hall–Kier alpha value is -2.07. The zero-order chi connectivity index (χ0) is 14.4. The molecular weight excluding hydrogens is 252 g/mol. The van der Waals surface area contributed by atoms with Gasteiger partial charge in [-0.25, -0.2) is 0 Å². The summed E-state index contributed by atoms with van der Waals surface area (Å²) in [7, 11) is 0. The minimum atomic E-state index is -0.227. The molecule has 1 aromatic carbocycles. The minimum absolute atomic E-state index is 0.227. The summed E-state index contributed by atoms with van der Waals surface area (Å²) < 4.78 is 5.28. The maximum absolute atomic E-state index is 11.9. The van der Waals surface area contributed by atoms with Crippen molar-refractivity contribution in [3.8, 4) is 0 Å². The third kappa shape index (κ3) is 3.96. The van der Waals surface area contributed by atoms with Crippen LogP contribution in [0, 0.1) is 6.92 Å². The van der Waals surface area contributed by atoms with Gasteiger partial charge < -0.3 is 15.1 Å². The molecule has 0 saturated carbocycles. The fourth-order valence-electron chi connectivity index (χ4n) is 1.86. The lowest BCUT2D eigenvalue weighted by Crippen LogP contribution is -2.14. The van der Waals surface area contributed by atoms with E-state index in [1.165, 1.54) is 5.56 Å². The average molecular weight is 272 g/mol. The van der Waals surface area contributed by atoms with E-state index in [4.69, 9.17) is 4.42 Å². The van der Waals surface area contributed by atoms with Gasteiger partial charge in [0.15, 0.2) is 5.76 Å². The molecule has 20 heavy (non-hydrogen) atoms. The van der Waals surface area contributed by atoms with Crippen molar-refractivity contribution in [3.05, 3.63) is 53.5 Å². The summed E-state index contributed by atoms with van der Waals surface area (Å²) in [4.78, 5) is 11.9. The zero-order valence-electron chi connectivity index (χ0n) is 11.9. The number of carbonyl (C=O) groups excluding carboxylic acids is 1. The Balaban J connectivity index is 1.91. The van der Waals surface area contributed by atoms with Gasteiger partial charge in [0.2, 0.25) is 0 Å². The molecule has 2 aromatic rings. The summed E-state index contributed by atoms with van der Waals surface area (Å²) in [6.07, 6.45) is 1.12. The van der Waals surface area contributed by atoms with Crippen LogP contribution in [-0.4, -0.2) is 12.5 Å². The van der Waals surface area contributed by atoms with Gasteiger partial charge in [0.1, 0.15) is 5.76 Å². The zero-order valence-corrected chi connectivity index (χ0v) is 11.9. The van der Waals surface area contributed by atoms with E-state index in [9.17, 15) is 4.79 Å². The molecule has 0 fully saturated rings. The van der Waals surface area contributed by atoms with E-state index in [1.807, 2.05) is 31.2 Å². The van der Waals surface area contributed by atoms with Gasteiger partial charge in [0, 0.05) is 12.2 Å². The topological polar surface area (TPSA) is 54.3 Å². The third-order valence-electron chi connectivity index (χ3n) is 2.93. The summed E-state index contributed by atoms with van der Waals surface area (Å²) >= 11 is 0. The number of nitrogens with one attached hydrogen (secondary N) is 2. The standard InChI is InChI=1S/C16H20N2O2/c1-3-10-17-11-13-5-7-14(8-6-13)18-16(19)15-9-4-12(2)20-15/h4-9,17H,3,10-11H2,1-2H3,(H,18,19). The smallest absolute Gasteiger partial charge is 0.291 e. The number of furan rings is 1. The molecule has 0 aliphatic heterocycles. The molecule has 4 heteroatoms. The first-order chi connectivity index (χ1) is 9.69. The van der Waals surface area contributed by atoms with Crippen LogP contribution in [0.2, 0.25) is 0 Å². The van der Waals surface area contributed by atoms with Crippen molar-refractivity contribution in [2.45, 2.75) is 26.8 Å². The van der Waals surface area contributed by atoms with E-state index in [2.05, 4.69) is 17.6 Å². The number of amides is 1. The SMILES string of the molecule is CCCNCc1ccc(NC(=O)c2ccc(C)o2)cc1. The van der Waals surface area contributed by atoms with Gasteiger partial charge in [-0.3, -0.25) is 4.79 Å². The predicted octanol–water partition coefficient (Wildman–Crippen LogP) is 3.34. The van der Waals surface area contributed by atoms with E-state index >= 15 is 0 Å². The number of rotatable bonds is 6. The van der Waals surface area contributed by atoms with Crippen LogP contribution >= 0.6 is 0 Å². The molecule has 0 radical (unpaired) electrons. The van der Waals surface area contributed by atoms with Crippen molar-refractivity contribution in [2.24, 2.45) is 0 Å². The quantitative estimate of drug-likeness (QED) is 0.793. The normalized spacial score (nSPS) is 10.5. The molecule has 0 aliphatic rings. The molecule has 1 heterocycles. The first-order valence-electron chi connectivity index (χ1n) is 6.86. The van der Waals surface area contributed by atoms with Crippen LogP contribution in [0.25, 0.3) is 0 Å². The Labute approximate surface area is 119 Å². The van der Waals surface area contributed by atoms with Gasteiger partial charge in [-0.2, -0.15) is 0 Å². The van der Waals surface area contributed by atoms with Gasteiger partial charge in [-0.1, -0.05) is 19.1 Å². The average Bonchev–Trinajstić information content (AvgIpc) is 2.88. The van der Waals surface area contributed by atoms with Gasteiger partial charge in [0.25, 0.3) is 5.91 Å². The number of benzene rings is 1. The molecule has 2 N–H and O–H groups in total. The molecule has 0 saturated heterocycles. The minimum Gasteiger partial charge on any atom is -0.456 e. The summed E-state index contributed by atoms with van der Waals surface area (Å²) in [5, 5.41) is 6.15. The molecule has 1 aromatic heterocycles. The maximum Gasteiger partial charge on any atom is 0.291 e. The van der Waals surface area contributed by atoms with Gasteiger partial charge in [-0.15, -0.1) is 0 Å². The highest BCUT2D eigenvalue weighted by atomic mass is 16.3. The summed E-state index contributed by atoms with van der Waals surface area (Å²) in [5.74, 6) is 0.832.